The zero-order valence-electron chi connectivity index (χ0n) is 13.8. The Balaban J connectivity index is 2.72. The number of rotatable bonds is 8. The normalized spacial score (nSPS) is 10.3. The average Bonchev–Trinajstić information content (AvgIpc) is 2.56. The average molecular weight is 344 g/mol. The fraction of sp³-hybridized carbons (Fsp3) is 0.500. The van der Waals surface area contributed by atoms with E-state index < -0.39 is 5.97 Å². The molecule has 0 aliphatic rings. The van der Waals surface area contributed by atoms with E-state index in [9.17, 15) is 9.59 Å². The smallest absolute Gasteiger partial charge is 0.338 e. The molecule has 0 aromatic heterocycles. The fourth-order valence-electron chi connectivity index (χ4n) is 2.01. The maximum Gasteiger partial charge on any atom is 0.338 e. The van der Waals surface area contributed by atoms with Crippen LogP contribution < -0.4 is 14.8 Å². The number of hydrogen-bond donors (Lipinski definition) is 1. The lowest BCUT2D eigenvalue weighted by Gasteiger charge is -2.15. The molecule has 0 bridgehead atoms. The van der Waals surface area contributed by atoms with Gasteiger partial charge < -0.3 is 19.5 Å². The van der Waals surface area contributed by atoms with Crippen LogP contribution in [0.3, 0.4) is 0 Å². The number of ether oxygens (including phenoxy) is 3. The zero-order chi connectivity index (χ0) is 17.4. The van der Waals surface area contributed by atoms with Gasteiger partial charge in [0.05, 0.1) is 24.8 Å². The lowest BCUT2D eigenvalue weighted by Crippen LogP contribution is -2.36. The summed E-state index contributed by atoms with van der Waals surface area (Å²) in [5, 5.41) is 3.01. The van der Waals surface area contributed by atoms with Crippen molar-refractivity contribution in [1.29, 1.82) is 0 Å². The van der Waals surface area contributed by atoms with Crippen molar-refractivity contribution in [1.82, 2.24) is 5.32 Å². The molecule has 0 radical (unpaired) electrons. The summed E-state index contributed by atoms with van der Waals surface area (Å²) in [5.74, 6) is -0.350. The van der Waals surface area contributed by atoms with Gasteiger partial charge in [-0.3, -0.25) is 4.79 Å². The Labute approximate surface area is 141 Å². The molecule has 0 saturated carbocycles. The van der Waals surface area contributed by atoms with Crippen LogP contribution in [0.25, 0.3) is 0 Å². The van der Waals surface area contributed by atoms with Crippen LogP contribution in [0.5, 0.6) is 11.5 Å². The highest BCUT2D eigenvalue weighted by Crippen LogP contribution is 2.36. The Hall–Kier alpha value is -1.95. The van der Waals surface area contributed by atoms with Crippen LogP contribution in [0.15, 0.2) is 12.1 Å². The summed E-state index contributed by atoms with van der Waals surface area (Å²) in [6.07, 6.45) is 1.64. The number of hydrogen-bond acceptors (Lipinski definition) is 5. The van der Waals surface area contributed by atoms with Gasteiger partial charge in [0.2, 0.25) is 0 Å². The predicted molar refractivity (Wildman–Crippen MR) is 87.4 cm³/mol. The van der Waals surface area contributed by atoms with E-state index in [4.69, 9.17) is 25.8 Å². The van der Waals surface area contributed by atoms with Gasteiger partial charge in [-0.05, 0) is 25.0 Å². The number of halogens is 1. The standard InChI is InChI=1S/C16H22ClNO5/c1-5-11(6-2)18-14(19)9-23-16(20)10-7-12(17)15(22-4)13(8-10)21-3/h7-8,11H,5-6,9H2,1-4H3,(H,18,19). The first-order valence-electron chi connectivity index (χ1n) is 7.34. The van der Waals surface area contributed by atoms with Gasteiger partial charge in [0, 0.05) is 6.04 Å². The molecule has 1 aromatic carbocycles. The lowest BCUT2D eigenvalue weighted by atomic mass is 10.2. The summed E-state index contributed by atoms with van der Waals surface area (Å²) < 4.78 is 15.2. The Morgan fingerprint density at radius 3 is 2.35 bits per heavy atom. The quantitative estimate of drug-likeness (QED) is 0.735. The van der Waals surface area contributed by atoms with Crippen LogP contribution in [0, 0.1) is 0 Å². The number of carbonyl (C=O) groups excluding carboxylic acids is 2. The molecular weight excluding hydrogens is 322 g/mol. The predicted octanol–water partition coefficient (Wildman–Crippen LogP) is 2.82. The van der Waals surface area contributed by atoms with Gasteiger partial charge in [-0.2, -0.15) is 0 Å². The number of methoxy groups -OCH3 is 2. The second-order valence-corrected chi connectivity index (χ2v) is 5.26. The number of amides is 1. The van der Waals surface area contributed by atoms with Gasteiger partial charge in [-0.15, -0.1) is 0 Å². The summed E-state index contributed by atoms with van der Waals surface area (Å²) >= 11 is 6.03. The van der Waals surface area contributed by atoms with Crippen molar-refractivity contribution in [3.8, 4) is 11.5 Å². The number of nitrogens with one attached hydrogen (secondary N) is 1. The molecule has 0 saturated heterocycles. The highest BCUT2D eigenvalue weighted by molar-refractivity contribution is 6.32. The third-order valence-corrected chi connectivity index (χ3v) is 3.64. The Morgan fingerprint density at radius 1 is 1.17 bits per heavy atom. The van der Waals surface area contributed by atoms with E-state index in [1.165, 1.54) is 26.4 Å². The highest BCUT2D eigenvalue weighted by Gasteiger charge is 2.17. The van der Waals surface area contributed by atoms with E-state index >= 15 is 0 Å². The minimum Gasteiger partial charge on any atom is -0.493 e. The Morgan fingerprint density at radius 2 is 1.83 bits per heavy atom. The maximum atomic E-state index is 12.0. The molecule has 128 valence electrons. The van der Waals surface area contributed by atoms with Gasteiger partial charge in [-0.25, -0.2) is 4.79 Å². The van der Waals surface area contributed by atoms with Crippen molar-refractivity contribution in [2.45, 2.75) is 32.7 Å². The summed E-state index contributed by atoms with van der Waals surface area (Å²) in [6, 6.07) is 2.94. The van der Waals surface area contributed by atoms with Crippen molar-refractivity contribution in [3.05, 3.63) is 22.7 Å². The molecule has 0 aliphatic carbocycles. The van der Waals surface area contributed by atoms with Crippen molar-refractivity contribution < 1.29 is 23.8 Å². The van der Waals surface area contributed by atoms with Crippen molar-refractivity contribution >= 4 is 23.5 Å². The molecule has 1 aromatic rings. The van der Waals surface area contributed by atoms with E-state index in [0.717, 1.165) is 12.8 Å². The van der Waals surface area contributed by atoms with Crippen LogP contribution in [-0.2, 0) is 9.53 Å². The minimum absolute atomic E-state index is 0.0803. The van der Waals surface area contributed by atoms with E-state index in [-0.39, 0.29) is 29.1 Å². The van der Waals surface area contributed by atoms with E-state index in [1.807, 2.05) is 13.8 Å². The van der Waals surface area contributed by atoms with Crippen LogP contribution in [0.1, 0.15) is 37.0 Å². The molecule has 23 heavy (non-hydrogen) atoms. The minimum atomic E-state index is -0.660. The van der Waals surface area contributed by atoms with Crippen molar-refractivity contribution in [3.63, 3.8) is 0 Å². The monoisotopic (exact) mass is 343 g/mol. The third-order valence-electron chi connectivity index (χ3n) is 3.35. The maximum absolute atomic E-state index is 12.0. The molecule has 0 unspecified atom stereocenters. The van der Waals surface area contributed by atoms with Crippen molar-refractivity contribution in [2.24, 2.45) is 0 Å². The fourth-order valence-corrected chi connectivity index (χ4v) is 2.30. The molecule has 0 fully saturated rings. The van der Waals surface area contributed by atoms with Crippen molar-refractivity contribution in [2.75, 3.05) is 20.8 Å². The highest BCUT2D eigenvalue weighted by atomic mass is 35.5. The topological polar surface area (TPSA) is 73.9 Å². The lowest BCUT2D eigenvalue weighted by molar-refractivity contribution is -0.125. The molecule has 0 heterocycles. The van der Waals surface area contributed by atoms with E-state index in [0.29, 0.717) is 11.5 Å². The molecule has 1 rings (SSSR count). The molecule has 1 N–H and O–H groups in total. The first-order chi connectivity index (χ1) is 11.0. The van der Waals surface area contributed by atoms with Gasteiger partial charge in [-0.1, -0.05) is 25.4 Å². The van der Waals surface area contributed by atoms with E-state index in [1.54, 1.807) is 0 Å². The SMILES string of the molecule is CCC(CC)NC(=O)COC(=O)c1cc(Cl)c(OC)c(OC)c1. The van der Waals surface area contributed by atoms with Gasteiger partial charge >= 0.3 is 5.97 Å². The second kappa shape index (κ2) is 9.25. The van der Waals surface area contributed by atoms with E-state index in [2.05, 4.69) is 5.32 Å². The Kier molecular flexibility index (Phi) is 7.68. The summed E-state index contributed by atoms with van der Waals surface area (Å²) in [5.41, 5.74) is 0.183. The molecule has 0 atom stereocenters. The van der Waals surface area contributed by atoms with Gasteiger partial charge in [0.1, 0.15) is 0 Å². The second-order valence-electron chi connectivity index (χ2n) is 4.85. The number of esters is 1. The first kappa shape index (κ1) is 19.1. The third kappa shape index (κ3) is 5.32. The molecule has 0 spiro atoms. The number of carbonyl (C=O) groups is 2. The van der Waals surface area contributed by atoms with Crippen LogP contribution in [0.2, 0.25) is 5.02 Å². The molecular formula is C16H22ClNO5. The Bertz CT molecular complexity index is 558. The summed E-state index contributed by atoms with van der Waals surface area (Å²) in [7, 11) is 2.89. The summed E-state index contributed by atoms with van der Waals surface area (Å²) in [4.78, 5) is 23.8. The molecule has 1 amide bonds. The number of benzene rings is 1. The molecule has 0 aliphatic heterocycles. The largest absolute Gasteiger partial charge is 0.493 e. The van der Waals surface area contributed by atoms with Gasteiger partial charge in [0.15, 0.2) is 18.1 Å². The molecule has 6 nitrogen and oxygen atoms in total. The summed E-state index contributed by atoms with van der Waals surface area (Å²) in [6.45, 7) is 3.61. The van der Waals surface area contributed by atoms with Crippen LogP contribution >= 0.6 is 11.6 Å². The van der Waals surface area contributed by atoms with Crippen LogP contribution in [0.4, 0.5) is 0 Å². The van der Waals surface area contributed by atoms with Crippen LogP contribution in [-0.4, -0.2) is 38.7 Å². The zero-order valence-corrected chi connectivity index (χ0v) is 14.5. The van der Waals surface area contributed by atoms with Gasteiger partial charge in [0.25, 0.3) is 5.91 Å². The first-order valence-corrected chi connectivity index (χ1v) is 7.72. The molecule has 7 heteroatoms.